The van der Waals surface area contributed by atoms with Crippen LogP contribution in [0.2, 0.25) is 0 Å². The predicted molar refractivity (Wildman–Crippen MR) is 138 cm³/mol. The number of hydrogen-bond donors (Lipinski definition) is 2. The third-order valence-corrected chi connectivity index (χ3v) is 8.10. The van der Waals surface area contributed by atoms with Gasteiger partial charge in [-0.15, -0.1) is 11.3 Å². The first kappa shape index (κ1) is 22.1. The van der Waals surface area contributed by atoms with E-state index in [-0.39, 0.29) is 11.9 Å². The number of amides is 1. The van der Waals surface area contributed by atoms with Crippen molar-refractivity contribution in [2.75, 3.05) is 31.5 Å². The Hall–Kier alpha value is -3.43. The molecule has 0 unspecified atom stereocenters. The van der Waals surface area contributed by atoms with Crippen molar-refractivity contribution in [3.63, 3.8) is 0 Å². The first-order chi connectivity index (χ1) is 17.1. The fourth-order valence-corrected chi connectivity index (χ4v) is 6.14. The van der Waals surface area contributed by atoms with Gasteiger partial charge in [0, 0.05) is 51.9 Å². The average Bonchev–Trinajstić information content (AvgIpc) is 3.21. The van der Waals surface area contributed by atoms with E-state index in [1.54, 1.807) is 0 Å². The number of carbonyl (C=O) groups is 2. The minimum Gasteiger partial charge on any atom is -0.381 e. The molecule has 0 spiro atoms. The molecule has 2 aliphatic heterocycles. The minimum atomic E-state index is -0.0249. The van der Waals surface area contributed by atoms with Crippen LogP contribution >= 0.6 is 11.3 Å². The quantitative estimate of drug-likeness (QED) is 0.423. The summed E-state index contributed by atoms with van der Waals surface area (Å²) in [6.07, 6.45) is 6.61. The van der Waals surface area contributed by atoms with Gasteiger partial charge in [-0.1, -0.05) is 0 Å². The fourth-order valence-electron chi connectivity index (χ4n) is 5.05. The van der Waals surface area contributed by atoms with Gasteiger partial charge in [-0.25, -0.2) is 15.0 Å². The molecule has 35 heavy (non-hydrogen) atoms. The zero-order valence-corrected chi connectivity index (χ0v) is 20.3. The summed E-state index contributed by atoms with van der Waals surface area (Å²) in [6, 6.07) is 8.21. The number of aromatic nitrogens is 3. The van der Waals surface area contributed by atoms with Crippen LogP contribution in [-0.2, 0) is 4.79 Å². The van der Waals surface area contributed by atoms with Crippen molar-refractivity contribution < 1.29 is 9.59 Å². The molecule has 4 aromatic rings. The molecule has 5 heterocycles. The third-order valence-electron chi connectivity index (χ3n) is 6.94. The van der Waals surface area contributed by atoms with Gasteiger partial charge in [0.15, 0.2) is 0 Å². The molecule has 0 radical (unpaired) electrons. The van der Waals surface area contributed by atoms with Crippen LogP contribution in [0.5, 0.6) is 0 Å². The summed E-state index contributed by atoms with van der Waals surface area (Å²) in [7, 11) is 0. The number of thiophene rings is 1. The Morgan fingerprint density at radius 1 is 1.14 bits per heavy atom. The highest BCUT2D eigenvalue weighted by molar-refractivity contribution is 7.21. The molecular weight excluding hydrogens is 460 g/mol. The first-order valence-corrected chi connectivity index (χ1v) is 12.8. The third kappa shape index (κ3) is 4.04. The smallest absolute Gasteiger partial charge is 0.263 e. The van der Waals surface area contributed by atoms with Gasteiger partial charge in [-0.2, -0.15) is 0 Å². The van der Waals surface area contributed by atoms with E-state index >= 15 is 0 Å². The van der Waals surface area contributed by atoms with E-state index in [4.69, 9.17) is 4.98 Å². The summed E-state index contributed by atoms with van der Waals surface area (Å²) in [4.78, 5) is 40.5. The van der Waals surface area contributed by atoms with Gasteiger partial charge >= 0.3 is 0 Å². The summed E-state index contributed by atoms with van der Waals surface area (Å²) in [6.45, 7) is 4.99. The lowest BCUT2D eigenvalue weighted by molar-refractivity contribution is -0.109. The van der Waals surface area contributed by atoms with Crippen LogP contribution in [0.15, 0.2) is 36.7 Å². The number of anilines is 1. The maximum atomic E-state index is 12.7. The van der Waals surface area contributed by atoms with E-state index in [0.717, 1.165) is 80.9 Å². The molecule has 1 fully saturated rings. The molecule has 2 N–H and O–H groups in total. The number of aldehydes is 1. The van der Waals surface area contributed by atoms with Gasteiger partial charge in [0.05, 0.1) is 23.4 Å². The lowest BCUT2D eigenvalue weighted by Gasteiger charge is -2.29. The fraction of sp³-hybridized carbons (Fsp3) is 0.346. The van der Waals surface area contributed by atoms with E-state index in [1.165, 1.54) is 11.3 Å². The zero-order valence-electron chi connectivity index (χ0n) is 19.5. The Morgan fingerprint density at radius 2 is 1.94 bits per heavy atom. The van der Waals surface area contributed by atoms with Crippen molar-refractivity contribution in [1.29, 1.82) is 0 Å². The maximum absolute atomic E-state index is 12.7. The normalized spacial score (nSPS) is 19.2. The average molecular weight is 487 g/mol. The van der Waals surface area contributed by atoms with Crippen molar-refractivity contribution in [1.82, 2.24) is 25.2 Å². The molecule has 3 aromatic heterocycles. The standard InChI is InChI=1S/C26H26N6O2S/c1-15-12-27-23-22-18-2-3-19(31-20(18)4-5-21(22)35-24(23)26(34)30-15)17-13-28-25(29-14-17)16-6-8-32(9-7-16)10-11-33/h2-5,11,13-16,27H,6-10,12H2,1H3,(H,30,34)/t15-/m1/s1. The lowest BCUT2D eigenvalue weighted by Crippen LogP contribution is -2.34. The van der Waals surface area contributed by atoms with Crippen molar-refractivity contribution in [3.8, 4) is 11.3 Å². The van der Waals surface area contributed by atoms with Crippen LogP contribution in [0.3, 0.4) is 0 Å². The lowest BCUT2D eigenvalue weighted by atomic mass is 9.96. The highest BCUT2D eigenvalue weighted by atomic mass is 32.1. The topological polar surface area (TPSA) is 100 Å². The summed E-state index contributed by atoms with van der Waals surface area (Å²) in [5, 5.41) is 8.59. The molecular formula is C26H26N6O2S. The molecule has 0 aliphatic carbocycles. The first-order valence-electron chi connectivity index (χ1n) is 12.0. The van der Waals surface area contributed by atoms with E-state index < -0.39 is 0 Å². The van der Waals surface area contributed by atoms with E-state index in [1.807, 2.05) is 37.5 Å². The summed E-state index contributed by atoms with van der Waals surface area (Å²) in [5.41, 5.74) is 3.48. The van der Waals surface area contributed by atoms with Gasteiger partial charge in [0.2, 0.25) is 0 Å². The van der Waals surface area contributed by atoms with E-state index in [0.29, 0.717) is 19.0 Å². The number of carbonyl (C=O) groups excluding carboxylic acids is 2. The van der Waals surface area contributed by atoms with E-state index in [2.05, 4.69) is 31.6 Å². The summed E-state index contributed by atoms with van der Waals surface area (Å²) in [5.74, 6) is 1.16. The van der Waals surface area contributed by atoms with Crippen LogP contribution in [0, 0.1) is 0 Å². The molecule has 2 aliphatic rings. The number of piperidine rings is 1. The number of nitrogens with zero attached hydrogens (tertiary/aromatic N) is 4. The SMILES string of the molecule is C[C@@H]1CNc2c(sc3ccc4nc(-c5cnc(C6CCN(CC=O)CC6)nc5)ccc4c23)C(=O)N1. The number of hydrogen-bond acceptors (Lipinski definition) is 8. The Kier molecular flexibility index (Phi) is 5.66. The molecule has 8 nitrogen and oxygen atoms in total. The number of nitrogens with one attached hydrogen (secondary N) is 2. The largest absolute Gasteiger partial charge is 0.381 e. The van der Waals surface area contributed by atoms with Crippen molar-refractivity contribution in [2.45, 2.75) is 31.7 Å². The second-order valence-electron chi connectivity index (χ2n) is 9.33. The molecule has 0 bridgehead atoms. The molecule has 178 valence electrons. The predicted octanol–water partition coefficient (Wildman–Crippen LogP) is 3.83. The van der Waals surface area contributed by atoms with Gasteiger partial charge in [0.1, 0.15) is 17.0 Å². The van der Waals surface area contributed by atoms with Crippen LogP contribution in [-0.4, -0.2) is 64.3 Å². The van der Waals surface area contributed by atoms with Crippen molar-refractivity contribution >= 4 is 50.2 Å². The van der Waals surface area contributed by atoms with Gasteiger partial charge < -0.3 is 15.4 Å². The minimum absolute atomic E-state index is 0.0249. The Morgan fingerprint density at radius 3 is 2.71 bits per heavy atom. The number of pyridine rings is 1. The van der Waals surface area contributed by atoms with Crippen LogP contribution in [0.4, 0.5) is 5.69 Å². The Labute approximate surface area is 206 Å². The van der Waals surface area contributed by atoms with Crippen LogP contribution in [0.1, 0.15) is 41.2 Å². The van der Waals surface area contributed by atoms with E-state index in [9.17, 15) is 9.59 Å². The number of benzene rings is 1. The Bertz CT molecular complexity index is 1430. The second-order valence-corrected chi connectivity index (χ2v) is 10.4. The molecule has 9 heteroatoms. The van der Waals surface area contributed by atoms with Crippen molar-refractivity contribution in [2.24, 2.45) is 0 Å². The number of fused-ring (bicyclic) bond motifs is 5. The van der Waals surface area contributed by atoms with Gasteiger partial charge in [-0.05, 0) is 57.1 Å². The molecule has 1 amide bonds. The molecule has 1 saturated heterocycles. The molecule has 6 rings (SSSR count). The second kappa shape index (κ2) is 8.98. The van der Waals surface area contributed by atoms with Crippen LogP contribution in [0.25, 0.3) is 32.2 Å². The van der Waals surface area contributed by atoms with Gasteiger partial charge in [-0.3, -0.25) is 9.69 Å². The highest BCUT2D eigenvalue weighted by Gasteiger charge is 2.25. The number of rotatable bonds is 4. The molecule has 1 atom stereocenters. The number of likely N-dealkylation sites (tertiary alicyclic amines) is 1. The Balaban J connectivity index is 1.30. The molecule has 1 aromatic carbocycles. The zero-order chi connectivity index (χ0) is 23.9. The maximum Gasteiger partial charge on any atom is 0.263 e. The molecule has 0 saturated carbocycles. The summed E-state index contributed by atoms with van der Waals surface area (Å²) >= 11 is 1.51. The summed E-state index contributed by atoms with van der Waals surface area (Å²) < 4.78 is 1.07. The van der Waals surface area contributed by atoms with Crippen LogP contribution < -0.4 is 10.6 Å². The van der Waals surface area contributed by atoms with Gasteiger partial charge in [0.25, 0.3) is 5.91 Å². The monoisotopic (exact) mass is 486 g/mol. The van der Waals surface area contributed by atoms with Crippen molar-refractivity contribution in [3.05, 3.63) is 47.4 Å². The highest BCUT2D eigenvalue weighted by Crippen LogP contribution is 2.41.